The highest BCUT2D eigenvalue weighted by Gasteiger charge is 2.44. The zero-order chi connectivity index (χ0) is 22.9. The highest BCUT2D eigenvalue weighted by Crippen LogP contribution is 2.45. The van der Waals surface area contributed by atoms with Crippen molar-refractivity contribution in [2.45, 2.75) is 38.8 Å². The number of aryl methyl sites for hydroxylation is 2. The molecule has 10 heteroatoms. The Morgan fingerprint density at radius 2 is 1.97 bits per heavy atom. The predicted molar refractivity (Wildman–Crippen MR) is 124 cm³/mol. The molecule has 2 aliphatic rings. The van der Waals surface area contributed by atoms with Gasteiger partial charge in [0, 0.05) is 31.1 Å². The van der Waals surface area contributed by atoms with Crippen LogP contribution < -0.4 is 20.7 Å². The summed E-state index contributed by atoms with van der Waals surface area (Å²) >= 11 is 0. The Bertz CT molecular complexity index is 1380. The van der Waals surface area contributed by atoms with Gasteiger partial charge in [0.2, 0.25) is 0 Å². The van der Waals surface area contributed by atoms with Gasteiger partial charge in [-0.2, -0.15) is 9.97 Å². The van der Waals surface area contributed by atoms with E-state index in [1.165, 1.54) is 6.07 Å². The molecule has 33 heavy (non-hydrogen) atoms. The van der Waals surface area contributed by atoms with Crippen LogP contribution in [-0.4, -0.2) is 50.6 Å². The fraction of sp³-hybridized carbons (Fsp3) is 0.391. The number of benzene rings is 1. The maximum atomic E-state index is 14.8. The van der Waals surface area contributed by atoms with E-state index >= 15 is 0 Å². The fourth-order valence-electron chi connectivity index (χ4n) is 5.30. The molecule has 4 heterocycles. The summed E-state index contributed by atoms with van der Waals surface area (Å²) in [4.78, 5) is 23.5. The highest BCUT2D eigenvalue weighted by atomic mass is 19.1. The number of fused-ring (bicyclic) bond motifs is 5. The van der Waals surface area contributed by atoms with Gasteiger partial charge in [0.25, 0.3) is 0 Å². The number of piperidine rings is 1. The van der Waals surface area contributed by atoms with Crippen LogP contribution in [0.2, 0.25) is 0 Å². The second-order valence-electron chi connectivity index (χ2n) is 8.98. The number of hydrogen-bond acceptors (Lipinski definition) is 8. The molecule has 9 nitrogen and oxygen atoms in total. The van der Waals surface area contributed by atoms with Crippen molar-refractivity contribution < 1.29 is 9.13 Å². The third kappa shape index (κ3) is 3.08. The lowest BCUT2D eigenvalue weighted by molar-refractivity contribution is 0.435. The quantitative estimate of drug-likeness (QED) is 0.435. The smallest absolute Gasteiger partial charge is 0.326 e. The van der Waals surface area contributed by atoms with Crippen LogP contribution in [0.3, 0.4) is 0 Å². The van der Waals surface area contributed by atoms with Crippen LogP contribution in [0.5, 0.6) is 11.8 Å². The number of nitrogens with one attached hydrogen (secondary N) is 2. The average Bonchev–Trinajstić information content (AvgIpc) is 3.49. The van der Waals surface area contributed by atoms with Crippen molar-refractivity contribution in [2.24, 2.45) is 11.7 Å². The Morgan fingerprint density at radius 1 is 1.18 bits per heavy atom. The highest BCUT2D eigenvalue weighted by molar-refractivity contribution is 6.16. The van der Waals surface area contributed by atoms with E-state index in [1.807, 2.05) is 6.92 Å². The second-order valence-corrected chi connectivity index (χ2v) is 8.98. The summed E-state index contributed by atoms with van der Waals surface area (Å²) in [5.41, 5.74) is 8.91. The van der Waals surface area contributed by atoms with Gasteiger partial charge in [-0.3, -0.25) is 0 Å². The summed E-state index contributed by atoms with van der Waals surface area (Å²) in [6, 6.07) is 2.19. The molecular weight excluding hydrogens is 423 g/mol. The molecule has 4 aromatic rings. The number of rotatable bonds is 4. The Balaban J connectivity index is 1.58. The van der Waals surface area contributed by atoms with Gasteiger partial charge >= 0.3 is 6.01 Å². The first-order valence-corrected chi connectivity index (χ1v) is 11.1. The minimum Gasteiger partial charge on any atom is -0.421 e. The van der Waals surface area contributed by atoms with Crippen molar-refractivity contribution >= 4 is 33.4 Å². The number of nitrogens with zero attached hydrogens (tertiary/aromatic N) is 5. The third-order valence-electron chi connectivity index (χ3n) is 6.99. The lowest BCUT2D eigenvalue weighted by Gasteiger charge is -2.31. The Hall–Kier alpha value is -3.53. The first-order chi connectivity index (χ1) is 15.9. The Morgan fingerprint density at radius 3 is 2.64 bits per heavy atom. The average molecular weight is 449 g/mol. The number of H-pyrrole nitrogens is 1. The van der Waals surface area contributed by atoms with E-state index in [4.69, 9.17) is 15.5 Å². The van der Waals surface area contributed by atoms with Crippen LogP contribution in [0.25, 0.3) is 21.9 Å². The van der Waals surface area contributed by atoms with Crippen molar-refractivity contribution in [1.82, 2.24) is 24.9 Å². The van der Waals surface area contributed by atoms with Gasteiger partial charge in [0.1, 0.15) is 23.1 Å². The number of ether oxygens (including phenoxy) is 1. The van der Waals surface area contributed by atoms with Crippen molar-refractivity contribution in [3.8, 4) is 11.8 Å². The number of aromatic amines is 1. The summed E-state index contributed by atoms with van der Waals surface area (Å²) in [5, 5.41) is 4.66. The molecule has 2 bridgehead atoms. The van der Waals surface area contributed by atoms with E-state index in [2.05, 4.69) is 30.2 Å². The molecule has 0 radical (unpaired) electrons. The second kappa shape index (κ2) is 7.24. The minimum absolute atomic E-state index is 0.188. The fourth-order valence-corrected chi connectivity index (χ4v) is 5.30. The molecule has 6 rings (SSSR count). The monoisotopic (exact) mass is 448 g/mol. The molecule has 0 amide bonds. The standard InChI is InChI=1S/C23H25FN8O/c1-10-15(24)6-17(26-3)20-18(10)19-21(29-20)30-23(33-14-7-27-11(2)28-8-14)31-22(19)32-9-12-4-13(32)5-16(12)25/h6-8,12-13,16,26H,4-5,9,25H2,1-3H3,(H,29,30,31). The van der Waals surface area contributed by atoms with Crippen LogP contribution in [0.15, 0.2) is 18.5 Å². The number of aromatic nitrogens is 5. The zero-order valence-corrected chi connectivity index (χ0v) is 18.7. The topological polar surface area (TPSA) is 118 Å². The number of halogens is 1. The van der Waals surface area contributed by atoms with Gasteiger partial charge in [0.15, 0.2) is 5.75 Å². The van der Waals surface area contributed by atoms with Gasteiger partial charge < -0.3 is 25.7 Å². The molecule has 1 aliphatic heterocycles. The molecule has 1 aromatic carbocycles. The zero-order valence-electron chi connectivity index (χ0n) is 18.7. The van der Waals surface area contributed by atoms with Crippen LogP contribution in [-0.2, 0) is 0 Å². The lowest BCUT2D eigenvalue weighted by Crippen LogP contribution is -2.41. The summed E-state index contributed by atoms with van der Waals surface area (Å²) < 4.78 is 20.8. The van der Waals surface area contributed by atoms with E-state index in [0.717, 1.165) is 41.5 Å². The molecular formula is C23H25FN8O. The predicted octanol–water partition coefficient (Wildman–Crippen LogP) is 3.42. The van der Waals surface area contributed by atoms with E-state index in [1.54, 1.807) is 26.4 Å². The normalized spacial score (nSPS) is 22.0. The molecule has 1 saturated carbocycles. The first-order valence-electron chi connectivity index (χ1n) is 11.1. The first kappa shape index (κ1) is 20.1. The van der Waals surface area contributed by atoms with Gasteiger partial charge in [0.05, 0.1) is 29.0 Å². The Kier molecular flexibility index (Phi) is 4.41. The van der Waals surface area contributed by atoms with Crippen LogP contribution in [0.1, 0.15) is 24.2 Å². The van der Waals surface area contributed by atoms with Gasteiger partial charge in [-0.25, -0.2) is 14.4 Å². The number of hydrogen-bond donors (Lipinski definition) is 3. The van der Waals surface area contributed by atoms with E-state index in [0.29, 0.717) is 40.4 Å². The van der Waals surface area contributed by atoms with Gasteiger partial charge in [-0.05, 0) is 44.2 Å². The van der Waals surface area contributed by atoms with Crippen LogP contribution >= 0.6 is 0 Å². The molecule has 0 spiro atoms. The van der Waals surface area contributed by atoms with Crippen LogP contribution in [0, 0.1) is 25.6 Å². The van der Waals surface area contributed by atoms with Gasteiger partial charge in [-0.1, -0.05) is 0 Å². The van der Waals surface area contributed by atoms with E-state index in [9.17, 15) is 4.39 Å². The number of anilines is 2. The molecule has 3 unspecified atom stereocenters. The molecule has 3 atom stereocenters. The van der Waals surface area contributed by atoms with E-state index in [-0.39, 0.29) is 17.9 Å². The van der Waals surface area contributed by atoms with Crippen LogP contribution in [0.4, 0.5) is 15.9 Å². The SMILES string of the molecule is CNc1cc(F)c(C)c2c1[nH]c1nc(Oc3cnc(C)nc3)nc(N3CC4CC3CC4N)c12. The molecule has 4 N–H and O–H groups in total. The summed E-state index contributed by atoms with van der Waals surface area (Å²) in [6.07, 6.45) is 5.13. The number of nitrogens with two attached hydrogens (primary N) is 1. The molecule has 170 valence electrons. The summed E-state index contributed by atoms with van der Waals surface area (Å²) in [5.74, 6) is 1.98. The lowest BCUT2D eigenvalue weighted by atomic mass is 10.0. The van der Waals surface area contributed by atoms with Gasteiger partial charge in [-0.15, -0.1) is 0 Å². The maximum absolute atomic E-state index is 14.8. The Labute approximate surface area is 189 Å². The van der Waals surface area contributed by atoms with Crippen molar-refractivity contribution in [3.05, 3.63) is 35.7 Å². The summed E-state index contributed by atoms with van der Waals surface area (Å²) in [6.45, 7) is 4.40. The largest absolute Gasteiger partial charge is 0.421 e. The van der Waals surface area contributed by atoms with E-state index < -0.39 is 0 Å². The van der Waals surface area contributed by atoms with Crippen molar-refractivity contribution in [1.29, 1.82) is 0 Å². The molecule has 2 fully saturated rings. The molecule has 1 saturated heterocycles. The molecule has 1 aliphatic carbocycles. The summed E-state index contributed by atoms with van der Waals surface area (Å²) in [7, 11) is 1.77. The minimum atomic E-state index is -0.277. The third-order valence-corrected chi connectivity index (χ3v) is 6.99. The molecule has 3 aromatic heterocycles. The van der Waals surface area contributed by atoms with Crippen molar-refractivity contribution in [2.75, 3.05) is 23.8 Å². The maximum Gasteiger partial charge on any atom is 0.326 e. The van der Waals surface area contributed by atoms with Crippen molar-refractivity contribution in [3.63, 3.8) is 0 Å².